The molecule has 5 rings (SSSR count). The number of carbonyl (C=O) groups excluding carboxylic acids is 1. The van der Waals surface area contributed by atoms with Gasteiger partial charge in [-0.1, -0.05) is 36.4 Å². The van der Waals surface area contributed by atoms with Crippen molar-refractivity contribution in [1.29, 1.82) is 0 Å². The van der Waals surface area contributed by atoms with Crippen LogP contribution in [0.1, 0.15) is 23.7 Å². The number of aliphatic imine (C=N–C) groups is 1. The largest absolute Gasteiger partial charge is 0.497 e. The van der Waals surface area contributed by atoms with Crippen LogP contribution in [-0.4, -0.2) is 34.2 Å². The lowest BCUT2D eigenvalue weighted by molar-refractivity contribution is -0.122. The van der Waals surface area contributed by atoms with Gasteiger partial charge in [0.25, 0.3) is 5.91 Å². The number of hydrogen-bond acceptors (Lipinski definition) is 4. The third-order valence-electron chi connectivity index (χ3n) is 6.34. The highest BCUT2D eigenvalue weighted by Crippen LogP contribution is 2.37. The summed E-state index contributed by atoms with van der Waals surface area (Å²) >= 11 is 1.37. The Balaban J connectivity index is 1.55. The van der Waals surface area contributed by atoms with Crippen LogP contribution in [0.2, 0.25) is 0 Å². The number of benzene rings is 3. The van der Waals surface area contributed by atoms with Gasteiger partial charge in [0.15, 0.2) is 5.17 Å². The van der Waals surface area contributed by atoms with Crippen molar-refractivity contribution in [2.75, 3.05) is 13.7 Å². The van der Waals surface area contributed by atoms with Crippen LogP contribution in [0.15, 0.2) is 82.7 Å². The van der Waals surface area contributed by atoms with Gasteiger partial charge in [-0.15, -0.1) is 0 Å². The van der Waals surface area contributed by atoms with E-state index >= 15 is 0 Å². The number of para-hydroxylation sites is 1. The van der Waals surface area contributed by atoms with Crippen LogP contribution in [-0.2, 0) is 11.3 Å². The number of rotatable bonds is 6. The number of hydrogen-bond donors (Lipinski definition) is 0. The normalized spacial score (nSPS) is 16.0. The number of nitrogens with zero attached hydrogens (tertiary/aromatic N) is 3. The fraction of sp³-hybridized carbons (Fsp3) is 0.172. The van der Waals surface area contributed by atoms with Gasteiger partial charge in [-0.2, -0.15) is 0 Å². The molecule has 5 nitrogen and oxygen atoms in total. The van der Waals surface area contributed by atoms with Gasteiger partial charge in [0.1, 0.15) is 11.6 Å². The first kappa shape index (κ1) is 23.9. The van der Waals surface area contributed by atoms with E-state index < -0.39 is 0 Å². The maximum Gasteiger partial charge on any atom is 0.266 e. The van der Waals surface area contributed by atoms with E-state index in [0.29, 0.717) is 28.7 Å². The highest BCUT2D eigenvalue weighted by atomic mass is 32.2. The lowest BCUT2D eigenvalue weighted by Crippen LogP contribution is -2.28. The zero-order valence-electron chi connectivity index (χ0n) is 20.4. The van der Waals surface area contributed by atoms with E-state index in [9.17, 15) is 9.18 Å². The number of amides is 1. The van der Waals surface area contributed by atoms with Crippen molar-refractivity contribution >= 4 is 45.5 Å². The summed E-state index contributed by atoms with van der Waals surface area (Å²) in [7, 11) is 1.62. The third kappa shape index (κ3) is 4.42. The molecule has 0 unspecified atom stereocenters. The molecule has 1 saturated heterocycles. The van der Waals surface area contributed by atoms with E-state index in [1.807, 2.05) is 74.5 Å². The Morgan fingerprint density at radius 3 is 2.47 bits per heavy atom. The highest BCUT2D eigenvalue weighted by molar-refractivity contribution is 8.18. The van der Waals surface area contributed by atoms with E-state index in [4.69, 9.17) is 9.73 Å². The van der Waals surface area contributed by atoms with Crippen LogP contribution in [0.4, 0.5) is 10.1 Å². The monoisotopic (exact) mass is 499 g/mol. The van der Waals surface area contributed by atoms with Gasteiger partial charge in [-0.25, -0.2) is 9.38 Å². The molecule has 3 aromatic carbocycles. The second-order valence-electron chi connectivity index (χ2n) is 8.45. The topological polar surface area (TPSA) is 46.8 Å². The molecule has 0 aliphatic carbocycles. The quantitative estimate of drug-likeness (QED) is 0.275. The Hall–Kier alpha value is -3.84. The fourth-order valence-electron chi connectivity index (χ4n) is 4.41. The molecule has 0 radical (unpaired) electrons. The smallest absolute Gasteiger partial charge is 0.266 e. The minimum Gasteiger partial charge on any atom is -0.497 e. The summed E-state index contributed by atoms with van der Waals surface area (Å²) in [5.74, 6) is 0.457. The Bertz CT molecular complexity index is 1500. The fourth-order valence-corrected chi connectivity index (χ4v) is 5.45. The van der Waals surface area contributed by atoms with Gasteiger partial charge < -0.3 is 9.30 Å². The molecule has 7 heteroatoms. The summed E-state index contributed by atoms with van der Waals surface area (Å²) in [5.41, 5.74) is 4.31. The summed E-state index contributed by atoms with van der Waals surface area (Å²) in [6.45, 7) is 4.89. The van der Waals surface area contributed by atoms with Crippen molar-refractivity contribution in [2.45, 2.75) is 20.4 Å². The van der Waals surface area contributed by atoms with Crippen LogP contribution in [0, 0.1) is 12.7 Å². The van der Waals surface area contributed by atoms with Crippen LogP contribution < -0.4 is 4.74 Å². The predicted molar refractivity (Wildman–Crippen MR) is 145 cm³/mol. The number of halogens is 1. The number of amidine groups is 1. The van der Waals surface area contributed by atoms with Gasteiger partial charge in [-0.05, 0) is 68.1 Å². The molecule has 36 heavy (non-hydrogen) atoms. The Labute approximate surface area is 213 Å². The van der Waals surface area contributed by atoms with Gasteiger partial charge >= 0.3 is 0 Å². The van der Waals surface area contributed by atoms with Gasteiger partial charge in [0, 0.05) is 34.3 Å². The first-order chi connectivity index (χ1) is 17.5. The van der Waals surface area contributed by atoms with Crippen LogP contribution >= 0.6 is 11.8 Å². The number of likely N-dealkylation sites (N-methyl/N-ethyl adjacent to an activating group) is 1. The predicted octanol–water partition coefficient (Wildman–Crippen LogP) is 6.77. The number of ether oxygens (including phenoxy) is 1. The van der Waals surface area contributed by atoms with Crippen molar-refractivity contribution in [2.24, 2.45) is 4.99 Å². The molecule has 0 spiro atoms. The molecule has 0 atom stereocenters. The lowest BCUT2D eigenvalue weighted by atomic mass is 10.1. The van der Waals surface area contributed by atoms with E-state index in [-0.39, 0.29) is 11.7 Å². The average Bonchev–Trinajstić information content (AvgIpc) is 3.34. The summed E-state index contributed by atoms with van der Waals surface area (Å²) in [4.78, 5) is 20.3. The van der Waals surface area contributed by atoms with Crippen LogP contribution in [0.5, 0.6) is 5.75 Å². The molecule has 0 N–H and O–H groups in total. The molecule has 0 saturated carbocycles. The first-order valence-electron chi connectivity index (χ1n) is 11.8. The SMILES string of the molecule is CCN1C(=O)/C(=C\c2c(C)n(Cc3ccccc3F)c3ccccc23)SC1=Nc1ccc(OC)cc1. The van der Waals surface area contributed by atoms with Gasteiger partial charge in [-0.3, -0.25) is 9.69 Å². The zero-order valence-corrected chi connectivity index (χ0v) is 21.2. The Morgan fingerprint density at radius 1 is 1.03 bits per heavy atom. The zero-order chi connectivity index (χ0) is 25.2. The summed E-state index contributed by atoms with van der Waals surface area (Å²) in [5, 5.41) is 1.67. The molecule has 1 amide bonds. The Kier molecular flexibility index (Phi) is 6.65. The van der Waals surface area contributed by atoms with Crippen molar-refractivity contribution in [3.8, 4) is 5.75 Å². The molecule has 4 aromatic rings. The molecule has 1 aliphatic rings. The minimum absolute atomic E-state index is 0.0694. The second-order valence-corrected chi connectivity index (χ2v) is 9.46. The van der Waals surface area contributed by atoms with Gasteiger partial charge in [0.2, 0.25) is 0 Å². The van der Waals surface area contributed by atoms with Crippen molar-refractivity contribution < 1.29 is 13.9 Å². The maximum atomic E-state index is 14.4. The van der Waals surface area contributed by atoms with Crippen LogP contribution in [0.3, 0.4) is 0 Å². The molecule has 1 fully saturated rings. The number of fused-ring (bicyclic) bond motifs is 1. The van der Waals surface area contributed by atoms with E-state index in [0.717, 1.165) is 33.6 Å². The summed E-state index contributed by atoms with van der Waals surface area (Å²) in [6.07, 6.45) is 1.95. The van der Waals surface area contributed by atoms with Gasteiger partial charge in [0.05, 0.1) is 24.2 Å². The molecule has 1 aliphatic heterocycles. The van der Waals surface area contributed by atoms with Crippen molar-refractivity contribution in [3.63, 3.8) is 0 Å². The number of thioether (sulfide) groups is 1. The van der Waals surface area contributed by atoms with E-state index in [1.165, 1.54) is 17.8 Å². The second kappa shape index (κ2) is 10.0. The molecule has 1 aromatic heterocycles. The van der Waals surface area contributed by atoms with E-state index in [1.54, 1.807) is 24.1 Å². The Morgan fingerprint density at radius 2 is 1.75 bits per heavy atom. The van der Waals surface area contributed by atoms with Crippen molar-refractivity contribution in [1.82, 2.24) is 9.47 Å². The number of methoxy groups -OCH3 is 1. The molecular weight excluding hydrogens is 473 g/mol. The highest BCUT2D eigenvalue weighted by Gasteiger charge is 2.32. The maximum absolute atomic E-state index is 14.4. The first-order valence-corrected chi connectivity index (χ1v) is 12.6. The number of aromatic nitrogens is 1. The lowest BCUT2D eigenvalue weighted by Gasteiger charge is -2.12. The standard InChI is InChI=1S/C29H26FN3O2S/c1-4-32-28(34)27(36-29(32)31-21-13-15-22(35-3)16-14-21)17-24-19(2)33(26-12-8-6-10-23(24)26)18-20-9-5-7-11-25(20)30/h5-17H,4,18H2,1-3H3/b27-17+,31-29?. The third-order valence-corrected chi connectivity index (χ3v) is 7.35. The molecule has 2 heterocycles. The van der Waals surface area contributed by atoms with E-state index in [2.05, 4.69) is 4.57 Å². The van der Waals surface area contributed by atoms with Crippen molar-refractivity contribution in [3.05, 3.63) is 100 Å². The summed E-state index contributed by atoms with van der Waals surface area (Å²) in [6, 6.07) is 22.3. The average molecular weight is 500 g/mol. The molecular formula is C29H26FN3O2S. The molecule has 0 bridgehead atoms. The number of carbonyl (C=O) groups is 1. The molecule has 182 valence electrons. The minimum atomic E-state index is -0.228. The summed E-state index contributed by atoms with van der Waals surface area (Å²) < 4.78 is 21.8. The van der Waals surface area contributed by atoms with Crippen LogP contribution in [0.25, 0.3) is 17.0 Å².